The number of hydrogen-bond donors (Lipinski definition) is 0. The molecule has 1 rings (SSSR count). The van der Waals surface area contributed by atoms with Gasteiger partial charge in [0.05, 0.1) is 6.61 Å². The second-order valence-electron chi connectivity index (χ2n) is 5.23. The number of carbonyl (C=O) groups excluding carboxylic acids is 1. The third-order valence-corrected chi connectivity index (χ3v) is 3.83. The Kier molecular flexibility index (Phi) is 6.36. The minimum Gasteiger partial charge on any atom is -0.465 e. The highest BCUT2D eigenvalue weighted by atomic mass is 35.5. The summed E-state index contributed by atoms with van der Waals surface area (Å²) in [6, 6.07) is 9.73. The zero-order valence-corrected chi connectivity index (χ0v) is 12.7. The van der Waals surface area contributed by atoms with Gasteiger partial charge in [0.15, 0.2) is 0 Å². The number of esters is 1. The molecule has 0 aliphatic heterocycles. The highest BCUT2D eigenvalue weighted by molar-refractivity contribution is 6.20. The van der Waals surface area contributed by atoms with Crippen LogP contribution < -0.4 is 0 Å². The third-order valence-electron chi connectivity index (χ3n) is 3.37. The average molecular weight is 283 g/mol. The minimum absolute atomic E-state index is 0.211. The largest absolute Gasteiger partial charge is 0.465 e. The van der Waals surface area contributed by atoms with Gasteiger partial charge in [-0.15, -0.1) is 11.6 Å². The molecule has 0 spiro atoms. The van der Waals surface area contributed by atoms with Crippen LogP contribution in [0.3, 0.4) is 0 Å². The lowest BCUT2D eigenvalue weighted by molar-refractivity contribution is -0.149. The van der Waals surface area contributed by atoms with Crippen molar-refractivity contribution in [2.45, 2.75) is 39.0 Å². The lowest BCUT2D eigenvalue weighted by atomic mass is 9.77. The highest BCUT2D eigenvalue weighted by Gasteiger charge is 2.40. The fourth-order valence-corrected chi connectivity index (χ4v) is 2.52. The number of ether oxygens (including phenoxy) is 1. The van der Waals surface area contributed by atoms with Crippen molar-refractivity contribution in [1.82, 2.24) is 0 Å². The van der Waals surface area contributed by atoms with E-state index in [1.165, 1.54) is 0 Å². The van der Waals surface area contributed by atoms with Gasteiger partial charge in [-0.1, -0.05) is 44.2 Å². The van der Waals surface area contributed by atoms with E-state index in [0.29, 0.717) is 12.5 Å². The van der Waals surface area contributed by atoms with Crippen molar-refractivity contribution in [3.63, 3.8) is 0 Å². The number of carbonyl (C=O) groups is 1. The van der Waals surface area contributed by atoms with Crippen LogP contribution in [0.2, 0.25) is 0 Å². The Labute approximate surface area is 121 Å². The maximum absolute atomic E-state index is 12.4. The first kappa shape index (κ1) is 16.0. The van der Waals surface area contributed by atoms with Crippen LogP contribution >= 0.6 is 11.6 Å². The number of hydrogen-bond acceptors (Lipinski definition) is 2. The summed E-state index contributed by atoms with van der Waals surface area (Å²) in [5.74, 6) is 0.570. The van der Waals surface area contributed by atoms with Crippen molar-refractivity contribution in [1.29, 1.82) is 0 Å². The van der Waals surface area contributed by atoms with Gasteiger partial charge in [-0.2, -0.15) is 0 Å². The van der Waals surface area contributed by atoms with E-state index in [2.05, 4.69) is 13.8 Å². The van der Waals surface area contributed by atoms with Gasteiger partial charge in [-0.05, 0) is 31.2 Å². The second kappa shape index (κ2) is 7.54. The molecule has 1 aromatic rings. The van der Waals surface area contributed by atoms with Gasteiger partial charge in [0.1, 0.15) is 5.41 Å². The van der Waals surface area contributed by atoms with Crippen LogP contribution in [0, 0.1) is 5.92 Å². The molecule has 0 heterocycles. The topological polar surface area (TPSA) is 26.3 Å². The Morgan fingerprint density at radius 3 is 2.42 bits per heavy atom. The van der Waals surface area contributed by atoms with Gasteiger partial charge in [-0.25, -0.2) is 0 Å². The molecule has 106 valence electrons. The summed E-state index contributed by atoms with van der Waals surface area (Å²) in [5, 5.41) is 0. The first-order valence-electron chi connectivity index (χ1n) is 6.85. The van der Waals surface area contributed by atoms with Crippen molar-refractivity contribution >= 4 is 17.6 Å². The van der Waals surface area contributed by atoms with Gasteiger partial charge in [0.2, 0.25) is 0 Å². The van der Waals surface area contributed by atoms with Crippen LogP contribution in [0.4, 0.5) is 0 Å². The standard InChI is InChI=1S/C16H23ClO2/c1-4-19-15(18)16(12-17,11-10-13(2)3)14-8-6-5-7-9-14/h5-9,13H,4,10-12H2,1-3H3. The summed E-state index contributed by atoms with van der Waals surface area (Å²) in [7, 11) is 0. The third kappa shape index (κ3) is 3.97. The van der Waals surface area contributed by atoms with Gasteiger partial charge in [0, 0.05) is 5.88 Å². The molecular formula is C16H23ClO2. The fourth-order valence-electron chi connectivity index (χ4n) is 2.12. The summed E-state index contributed by atoms with van der Waals surface area (Å²) < 4.78 is 5.26. The van der Waals surface area contributed by atoms with Gasteiger partial charge < -0.3 is 4.74 Å². The maximum Gasteiger partial charge on any atom is 0.317 e. The van der Waals surface area contributed by atoms with Crippen LogP contribution in [0.25, 0.3) is 0 Å². The lowest BCUT2D eigenvalue weighted by Gasteiger charge is -2.30. The predicted octanol–water partition coefficient (Wildman–Crippen LogP) is 4.16. The monoisotopic (exact) mass is 282 g/mol. The second-order valence-corrected chi connectivity index (χ2v) is 5.50. The van der Waals surface area contributed by atoms with Gasteiger partial charge in [-0.3, -0.25) is 4.79 Å². The molecular weight excluding hydrogens is 260 g/mol. The molecule has 19 heavy (non-hydrogen) atoms. The molecule has 1 atom stereocenters. The summed E-state index contributed by atoms with van der Waals surface area (Å²) in [6.07, 6.45) is 1.66. The number of alkyl halides is 1. The van der Waals surface area contributed by atoms with Crippen LogP contribution in [0.5, 0.6) is 0 Å². The number of benzene rings is 1. The van der Waals surface area contributed by atoms with E-state index in [4.69, 9.17) is 16.3 Å². The Balaban J connectivity index is 3.09. The van der Waals surface area contributed by atoms with Crippen molar-refractivity contribution in [3.8, 4) is 0 Å². The first-order chi connectivity index (χ1) is 9.06. The molecule has 0 bridgehead atoms. The van der Waals surface area contributed by atoms with Crippen LogP contribution in [0.15, 0.2) is 30.3 Å². The summed E-state index contributed by atoms with van der Waals surface area (Å²) in [5.41, 5.74) is 0.229. The Bertz CT molecular complexity index is 389. The van der Waals surface area contributed by atoms with Crippen LogP contribution in [0.1, 0.15) is 39.2 Å². The van der Waals surface area contributed by atoms with Crippen molar-refractivity contribution in [3.05, 3.63) is 35.9 Å². The van der Waals surface area contributed by atoms with E-state index in [1.807, 2.05) is 37.3 Å². The van der Waals surface area contributed by atoms with Crippen LogP contribution in [-0.2, 0) is 14.9 Å². The van der Waals surface area contributed by atoms with E-state index in [0.717, 1.165) is 18.4 Å². The number of rotatable bonds is 7. The normalized spacial score (nSPS) is 14.2. The minimum atomic E-state index is -0.719. The van der Waals surface area contributed by atoms with Crippen molar-refractivity contribution in [2.75, 3.05) is 12.5 Å². The lowest BCUT2D eigenvalue weighted by Crippen LogP contribution is -2.39. The summed E-state index contributed by atoms with van der Waals surface area (Å²) in [6.45, 7) is 6.50. The van der Waals surface area contributed by atoms with Crippen molar-refractivity contribution < 1.29 is 9.53 Å². The average Bonchev–Trinajstić information content (AvgIpc) is 2.41. The van der Waals surface area contributed by atoms with E-state index >= 15 is 0 Å². The van der Waals surface area contributed by atoms with Gasteiger partial charge in [0.25, 0.3) is 0 Å². The first-order valence-corrected chi connectivity index (χ1v) is 7.39. The molecule has 0 radical (unpaired) electrons. The molecule has 0 aliphatic rings. The Morgan fingerprint density at radius 2 is 1.95 bits per heavy atom. The molecule has 0 aliphatic carbocycles. The van der Waals surface area contributed by atoms with E-state index in [9.17, 15) is 4.79 Å². The van der Waals surface area contributed by atoms with E-state index in [1.54, 1.807) is 0 Å². The molecule has 0 saturated heterocycles. The SMILES string of the molecule is CCOC(=O)C(CCl)(CCC(C)C)c1ccccc1. The molecule has 2 nitrogen and oxygen atoms in total. The Morgan fingerprint density at radius 1 is 1.32 bits per heavy atom. The number of halogens is 1. The van der Waals surface area contributed by atoms with Crippen molar-refractivity contribution in [2.24, 2.45) is 5.92 Å². The summed E-state index contributed by atoms with van der Waals surface area (Å²) >= 11 is 6.17. The van der Waals surface area contributed by atoms with Gasteiger partial charge >= 0.3 is 5.97 Å². The summed E-state index contributed by atoms with van der Waals surface area (Å²) in [4.78, 5) is 12.4. The van der Waals surface area contributed by atoms with E-state index in [-0.39, 0.29) is 11.8 Å². The quantitative estimate of drug-likeness (QED) is 0.554. The zero-order valence-electron chi connectivity index (χ0n) is 12.0. The molecule has 0 saturated carbocycles. The Hall–Kier alpha value is -1.02. The molecule has 1 aromatic carbocycles. The molecule has 0 fully saturated rings. The smallest absolute Gasteiger partial charge is 0.317 e. The van der Waals surface area contributed by atoms with Crippen LogP contribution in [-0.4, -0.2) is 18.5 Å². The molecule has 0 N–H and O–H groups in total. The van der Waals surface area contributed by atoms with E-state index < -0.39 is 5.41 Å². The molecule has 0 amide bonds. The highest BCUT2D eigenvalue weighted by Crippen LogP contribution is 2.34. The maximum atomic E-state index is 12.4. The molecule has 1 unspecified atom stereocenters. The molecule has 3 heteroatoms. The zero-order chi connectivity index (χ0) is 14.3. The molecule has 0 aromatic heterocycles. The fraction of sp³-hybridized carbons (Fsp3) is 0.562. The predicted molar refractivity (Wildman–Crippen MR) is 79.5 cm³/mol.